The summed E-state index contributed by atoms with van der Waals surface area (Å²) in [4.78, 5) is 0. The van der Waals surface area contributed by atoms with Gasteiger partial charge >= 0.3 is 0 Å². The highest BCUT2D eigenvalue weighted by molar-refractivity contribution is 5.82. The second-order valence-electron chi connectivity index (χ2n) is 4.76. The lowest BCUT2D eigenvalue weighted by atomic mass is 10.0. The Bertz CT molecular complexity index is 514. The Balaban J connectivity index is 2.01. The van der Waals surface area contributed by atoms with Crippen molar-refractivity contribution in [3.8, 4) is 0 Å². The van der Waals surface area contributed by atoms with Crippen molar-refractivity contribution < 1.29 is 9.52 Å². The average Bonchev–Trinajstić information content (AvgIpc) is 2.78. The number of benzene rings is 1. The number of furan rings is 1. The molecule has 1 aliphatic rings. The molecule has 2 atom stereocenters. The van der Waals surface area contributed by atoms with Gasteiger partial charge in [-0.05, 0) is 24.8 Å². The van der Waals surface area contributed by atoms with Crippen LogP contribution in [0, 0.1) is 5.92 Å². The topological polar surface area (TPSA) is 33.4 Å². The van der Waals surface area contributed by atoms with Crippen LogP contribution in [-0.4, -0.2) is 5.11 Å². The summed E-state index contributed by atoms with van der Waals surface area (Å²) in [5.74, 6) is 0.415. The van der Waals surface area contributed by atoms with Crippen LogP contribution < -0.4 is 0 Å². The van der Waals surface area contributed by atoms with Crippen LogP contribution in [0.4, 0.5) is 0 Å². The molecule has 2 aromatic rings. The molecule has 1 saturated carbocycles. The van der Waals surface area contributed by atoms with Gasteiger partial charge in [0.1, 0.15) is 5.58 Å². The Morgan fingerprint density at radius 1 is 1.44 bits per heavy atom. The summed E-state index contributed by atoms with van der Waals surface area (Å²) in [5.41, 5.74) is 1.22. The summed E-state index contributed by atoms with van der Waals surface area (Å²) < 4.78 is 5.48. The normalized spacial score (nSPS) is 28.5. The van der Waals surface area contributed by atoms with E-state index in [-0.39, 0.29) is 0 Å². The summed E-state index contributed by atoms with van der Waals surface area (Å²) >= 11 is 0. The number of fused-ring (bicyclic) bond motifs is 1. The second kappa shape index (κ2) is 3.36. The van der Waals surface area contributed by atoms with Crippen LogP contribution in [0.2, 0.25) is 0 Å². The van der Waals surface area contributed by atoms with Gasteiger partial charge < -0.3 is 9.52 Å². The fraction of sp³-hybridized carbons (Fsp3) is 0.429. The quantitative estimate of drug-likeness (QED) is 0.852. The third-order valence-corrected chi connectivity index (χ3v) is 3.66. The number of rotatable bonds is 3. The molecular formula is C14H16O2. The molecule has 2 heteroatoms. The van der Waals surface area contributed by atoms with Crippen molar-refractivity contribution in [1.82, 2.24) is 0 Å². The van der Waals surface area contributed by atoms with E-state index < -0.39 is 5.60 Å². The minimum Gasteiger partial charge on any atom is -0.464 e. The maximum absolute atomic E-state index is 10.5. The SMILES string of the molecule is CCCC1CC1(O)c1coc2ccccc12. The summed E-state index contributed by atoms with van der Waals surface area (Å²) in [6.45, 7) is 2.16. The van der Waals surface area contributed by atoms with Crippen molar-refractivity contribution in [3.05, 3.63) is 36.1 Å². The molecule has 1 fully saturated rings. The summed E-state index contributed by atoms with van der Waals surface area (Å²) in [6.07, 6.45) is 4.82. The van der Waals surface area contributed by atoms with E-state index in [1.54, 1.807) is 6.26 Å². The number of hydrogen-bond donors (Lipinski definition) is 1. The molecule has 1 aliphatic carbocycles. The molecule has 2 nitrogen and oxygen atoms in total. The van der Waals surface area contributed by atoms with Gasteiger partial charge in [0, 0.05) is 10.9 Å². The number of aliphatic hydroxyl groups is 1. The van der Waals surface area contributed by atoms with Gasteiger partial charge in [-0.1, -0.05) is 31.5 Å². The summed E-state index contributed by atoms with van der Waals surface area (Å²) in [5, 5.41) is 11.6. The highest BCUT2D eigenvalue weighted by atomic mass is 16.3. The Morgan fingerprint density at radius 3 is 3.06 bits per heavy atom. The van der Waals surface area contributed by atoms with Crippen LogP contribution in [0.3, 0.4) is 0 Å². The van der Waals surface area contributed by atoms with E-state index >= 15 is 0 Å². The van der Waals surface area contributed by atoms with Crippen molar-refractivity contribution in [2.75, 3.05) is 0 Å². The van der Waals surface area contributed by atoms with Crippen molar-refractivity contribution in [3.63, 3.8) is 0 Å². The maximum atomic E-state index is 10.5. The smallest absolute Gasteiger partial charge is 0.134 e. The summed E-state index contributed by atoms with van der Waals surface area (Å²) in [7, 11) is 0. The summed E-state index contributed by atoms with van der Waals surface area (Å²) in [6, 6.07) is 7.91. The molecule has 3 rings (SSSR count). The van der Waals surface area contributed by atoms with Gasteiger partial charge in [-0.3, -0.25) is 0 Å². The van der Waals surface area contributed by atoms with E-state index in [1.165, 1.54) is 0 Å². The first-order chi connectivity index (χ1) is 7.75. The molecule has 2 unspecified atom stereocenters. The average molecular weight is 216 g/mol. The molecule has 0 spiro atoms. The Morgan fingerprint density at radius 2 is 2.25 bits per heavy atom. The largest absolute Gasteiger partial charge is 0.464 e. The van der Waals surface area contributed by atoms with E-state index in [4.69, 9.17) is 4.42 Å². The molecule has 0 aliphatic heterocycles. The van der Waals surface area contributed by atoms with Crippen LogP contribution in [0.1, 0.15) is 31.7 Å². The lowest BCUT2D eigenvalue weighted by molar-refractivity contribution is 0.129. The van der Waals surface area contributed by atoms with Crippen LogP contribution in [0.15, 0.2) is 34.9 Å². The second-order valence-corrected chi connectivity index (χ2v) is 4.76. The zero-order valence-corrected chi connectivity index (χ0v) is 9.44. The van der Waals surface area contributed by atoms with E-state index in [9.17, 15) is 5.11 Å². The molecule has 0 radical (unpaired) electrons. The van der Waals surface area contributed by atoms with Gasteiger partial charge in [0.2, 0.25) is 0 Å². The predicted octanol–water partition coefficient (Wildman–Crippen LogP) is 3.44. The van der Waals surface area contributed by atoms with E-state index in [1.807, 2.05) is 24.3 Å². The van der Waals surface area contributed by atoms with Gasteiger partial charge in [0.05, 0.1) is 11.9 Å². The predicted molar refractivity (Wildman–Crippen MR) is 63.1 cm³/mol. The molecule has 1 aromatic carbocycles. The number of para-hydroxylation sites is 1. The van der Waals surface area contributed by atoms with E-state index in [0.29, 0.717) is 5.92 Å². The molecule has 0 bridgehead atoms. The Labute approximate surface area is 94.9 Å². The first kappa shape index (κ1) is 9.91. The zero-order chi connectivity index (χ0) is 11.2. The molecule has 1 heterocycles. The maximum Gasteiger partial charge on any atom is 0.134 e. The third kappa shape index (κ3) is 1.30. The van der Waals surface area contributed by atoms with Crippen molar-refractivity contribution in [2.45, 2.75) is 31.8 Å². The highest BCUT2D eigenvalue weighted by Gasteiger charge is 2.54. The molecule has 1 aromatic heterocycles. The van der Waals surface area contributed by atoms with Crippen molar-refractivity contribution >= 4 is 11.0 Å². The highest BCUT2D eigenvalue weighted by Crippen LogP contribution is 2.56. The van der Waals surface area contributed by atoms with Gasteiger partial charge in [-0.15, -0.1) is 0 Å². The first-order valence-corrected chi connectivity index (χ1v) is 5.95. The van der Waals surface area contributed by atoms with Gasteiger partial charge in [0.25, 0.3) is 0 Å². The molecule has 84 valence electrons. The lowest BCUT2D eigenvalue weighted by Crippen LogP contribution is -2.07. The zero-order valence-electron chi connectivity index (χ0n) is 9.44. The Hall–Kier alpha value is -1.28. The van der Waals surface area contributed by atoms with E-state index in [0.717, 1.165) is 35.8 Å². The van der Waals surface area contributed by atoms with Gasteiger partial charge in [-0.2, -0.15) is 0 Å². The monoisotopic (exact) mass is 216 g/mol. The van der Waals surface area contributed by atoms with Crippen LogP contribution in [-0.2, 0) is 5.60 Å². The van der Waals surface area contributed by atoms with Crippen LogP contribution in [0.5, 0.6) is 0 Å². The van der Waals surface area contributed by atoms with Crippen molar-refractivity contribution in [2.24, 2.45) is 5.92 Å². The number of hydrogen-bond acceptors (Lipinski definition) is 2. The minimum atomic E-state index is -0.622. The molecule has 16 heavy (non-hydrogen) atoms. The fourth-order valence-corrected chi connectivity index (χ4v) is 2.65. The molecule has 0 amide bonds. The standard InChI is InChI=1S/C14H16O2/c1-2-5-10-8-14(10,15)12-9-16-13-7-4-3-6-11(12)13/h3-4,6-7,9-10,15H,2,5,8H2,1H3. The fourth-order valence-electron chi connectivity index (χ4n) is 2.65. The first-order valence-electron chi connectivity index (χ1n) is 5.95. The van der Waals surface area contributed by atoms with Gasteiger partial charge in [0.15, 0.2) is 0 Å². The third-order valence-electron chi connectivity index (χ3n) is 3.66. The lowest BCUT2D eigenvalue weighted by Gasteiger charge is -2.07. The Kier molecular flexibility index (Phi) is 2.08. The minimum absolute atomic E-state index is 0.415. The molecule has 0 saturated heterocycles. The molecular weight excluding hydrogens is 200 g/mol. The van der Waals surface area contributed by atoms with Crippen molar-refractivity contribution in [1.29, 1.82) is 0 Å². The van der Waals surface area contributed by atoms with Crippen LogP contribution >= 0.6 is 0 Å². The van der Waals surface area contributed by atoms with E-state index in [2.05, 4.69) is 6.92 Å². The van der Waals surface area contributed by atoms with Crippen LogP contribution in [0.25, 0.3) is 11.0 Å². The van der Waals surface area contributed by atoms with Gasteiger partial charge in [-0.25, -0.2) is 0 Å². The molecule has 1 N–H and O–H groups in total.